The molecular weight excluding hydrogens is 292 g/mol. The van der Waals surface area contributed by atoms with Crippen molar-refractivity contribution in [2.75, 3.05) is 18.6 Å². The molecule has 0 unspecified atom stereocenters. The summed E-state index contributed by atoms with van der Waals surface area (Å²) in [4.78, 5) is 12.2. The molecule has 0 bridgehead atoms. The van der Waals surface area contributed by atoms with Gasteiger partial charge < -0.3 is 9.47 Å². The lowest BCUT2D eigenvalue weighted by molar-refractivity contribution is 0.0962. The maximum absolute atomic E-state index is 12.2. The first kappa shape index (κ1) is 16.7. The molecule has 2 aromatic carbocycles. The zero-order valence-electron chi connectivity index (χ0n) is 13.5. The normalized spacial score (nSPS) is 10.0. The van der Waals surface area contributed by atoms with Crippen LogP contribution in [0.1, 0.15) is 30.6 Å². The molecule has 23 heavy (non-hydrogen) atoms. The van der Waals surface area contributed by atoms with Gasteiger partial charge in [-0.1, -0.05) is 25.1 Å². The van der Waals surface area contributed by atoms with E-state index in [-0.39, 0.29) is 5.91 Å². The van der Waals surface area contributed by atoms with Crippen molar-refractivity contribution in [3.05, 3.63) is 54.1 Å². The third-order valence-electron chi connectivity index (χ3n) is 3.06. The fourth-order valence-corrected chi connectivity index (χ4v) is 1.97. The minimum absolute atomic E-state index is 0.239. The number of hydrazine groups is 1. The van der Waals surface area contributed by atoms with Gasteiger partial charge in [-0.3, -0.25) is 15.6 Å². The van der Waals surface area contributed by atoms with Crippen LogP contribution in [0, 0.1) is 0 Å². The summed E-state index contributed by atoms with van der Waals surface area (Å²) in [5.74, 6) is 0.992. The molecule has 5 heteroatoms. The number of hydrogen-bond donors (Lipinski definition) is 2. The van der Waals surface area contributed by atoms with E-state index in [2.05, 4.69) is 10.9 Å². The summed E-state index contributed by atoms with van der Waals surface area (Å²) in [5.41, 5.74) is 6.85. The van der Waals surface area contributed by atoms with Crippen molar-refractivity contribution < 1.29 is 14.3 Å². The maximum atomic E-state index is 12.2. The van der Waals surface area contributed by atoms with Gasteiger partial charge >= 0.3 is 0 Å². The molecule has 0 atom stereocenters. The lowest BCUT2D eigenvalue weighted by Gasteiger charge is -2.13. The second-order valence-corrected chi connectivity index (χ2v) is 4.89. The van der Waals surface area contributed by atoms with Crippen LogP contribution < -0.4 is 20.3 Å². The molecule has 122 valence electrons. The third-order valence-corrected chi connectivity index (χ3v) is 3.06. The number of carbonyl (C=O) groups excluding carboxylic acids is 1. The highest BCUT2D eigenvalue weighted by atomic mass is 16.5. The van der Waals surface area contributed by atoms with Crippen molar-refractivity contribution in [2.45, 2.75) is 20.3 Å². The lowest BCUT2D eigenvalue weighted by atomic mass is 10.2. The van der Waals surface area contributed by atoms with Gasteiger partial charge in [0.1, 0.15) is 0 Å². The number of anilines is 1. The van der Waals surface area contributed by atoms with Crippen molar-refractivity contribution in [3.63, 3.8) is 0 Å². The van der Waals surface area contributed by atoms with Gasteiger partial charge in [-0.25, -0.2) is 0 Å². The van der Waals surface area contributed by atoms with E-state index in [1.807, 2.05) is 44.2 Å². The molecule has 1 amide bonds. The van der Waals surface area contributed by atoms with Gasteiger partial charge in [0, 0.05) is 5.56 Å². The van der Waals surface area contributed by atoms with Gasteiger partial charge in [-0.15, -0.1) is 0 Å². The minimum Gasteiger partial charge on any atom is -0.490 e. The SMILES string of the molecule is CCCOc1ccc(C(=O)NNc2ccccc2)cc1OCC. The van der Waals surface area contributed by atoms with E-state index in [4.69, 9.17) is 9.47 Å². The molecule has 5 nitrogen and oxygen atoms in total. The number of rotatable bonds is 8. The molecule has 0 aromatic heterocycles. The highest BCUT2D eigenvalue weighted by molar-refractivity contribution is 5.95. The second-order valence-electron chi connectivity index (χ2n) is 4.89. The van der Waals surface area contributed by atoms with Gasteiger partial charge in [0.25, 0.3) is 5.91 Å². The fourth-order valence-electron chi connectivity index (χ4n) is 1.97. The fraction of sp³-hybridized carbons (Fsp3) is 0.278. The number of carbonyl (C=O) groups is 1. The Bertz CT molecular complexity index is 629. The van der Waals surface area contributed by atoms with Gasteiger partial charge in [0.05, 0.1) is 18.9 Å². The van der Waals surface area contributed by atoms with Crippen molar-refractivity contribution in [1.82, 2.24) is 5.43 Å². The molecule has 0 saturated heterocycles. The zero-order chi connectivity index (χ0) is 16.5. The predicted octanol–water partition coefficient (Wildman–Crippen LogP) is 3.63. The van der Waals surface area contributed by atoms with E-state index >= 15 is 0 Å². The zero-order valence-corrected chi connectivity index (χ0v) is 13.5. The van der Waals surface area contributed by atoms with Crippen LogP contribution in [0.4, 0.5) is 5.69 Å². The van der Waals surface area contributed by atoms with Gasteiger partial charge in [0.15, 0.2) is 11.5 Å². The van der Waals surface area contributed by atoms with Gasteiger partial charge in [-0.05, 0) is 43.7 Å². The summed E-state index contributed by atoms with van der Waals surface area (Å²) in [5, 5.41) is 0. The molecule has 0 aliphatic carbocycles. The Balaban J connectivity index is 2.05. The van der Waals surface area contributed by atoms with Crippen LogP contribution >= 0.6 is 0 Å². The van der Waals surface area contributed by atoms with Crippen molar-refractivity contribution in [2.24, 2.45) is 0 Å². The molecule has 2 N–H and O–H groups in total. The molecule has 0 fully saturated rings. The summed E-state index contributed by atoms with van der Waals surface area (Å²) in [6.07, 6.45) is 0.912. The summed E-state index contributed by atoms with van der Waals surface area (Å²) < 4.78 is 11.2. The van der Waals surface area contributed by atoms with Crippen molar-refractivity contribution in [3.8, 4) is 11.5 Å². The standard InChI is InChI=1S/C18H22N2O3/c1-3-12-23-16-11-10-14(13-17(16)22-4-2)18(21)20-19-15-8-6-5-7-9-15/h5-11,13,19H,3-4,12H2,1-2H3,(H,20,21). The Morgan fingerprint density at radius 3 is 2.48 bits per heavy atom. The number of amides is 1. The highest BCUT2D eigenvalue weighted by Gasteiger charge is 2.11. The molecule has 2 aromatic rings. The number of benzene rings is 2. The van der Waals surface area contributed by atoms with Crippen LogP contribution in [0.25, 0.3) is 0 Å². The first-order chi connectivity index (χ1) is 11.2. The average molecular weight is 314 g/mol. The number of para-hydroxylation sites is 1. The van der Waals surface area contributed by atoms with Crippen LogP contribution in [0.5, 0.6) is 11.5 Å². The topological polar surface area (TPSA) is 59.6 Å². The Morgan fingerprint density at radius 1 is 1.00 bits per heavy atom. The molecule has 0 aliphatic rings. The smallest absolute Gasteiger partial charge is 0.269 e. The van der Waals surface area contributed by atoms with Crippen LogP contribution in [-0.2, 0) is 0 Å². The Morgan fingerprint density at radius 2 is 1.78 bits per heavy atom. The Kier molecular flexibility index (Phi) is 6.29. The van der Waals surface area contributed by atoms with Crippen molar-refractivity contribution in [1.29, 1.82) is 0 Å². The lowest BCUT2D eigenvalue weighted by Crippen LogP contribution is -2.29. The van der Waals surface area contributed by atoms with E-state index in [0.29, 0.717) is 30.3 Å². The van der Waals surface area contributed by atoms with Crippen LogP contribution in [-0.4, -0.2) is 19.1 Å². The first-order valence-electron chi connectivity index (χ1n) is 7.75. The molecular formula is C18H22N2O3. The van der Waals surface area contributed by atoms with Crippen LogP contribution in [0.2, 0.25) is 0 Å². The molecule has 0 heterocycles. The Labute approximate surface area is 136 Å². The summed E-state index contributed by atoms with van der Waals surface area (Å²) in [6, 6.07) is 14.6. The molecule has 0 spiro atoms. The first-order valence-corrected chi connectivity index (χ1v) is 7.75. The summed E-state index contributed by atoms with van der Waals surface area (Å²) in [7, 11) is 0. The van der Waals surface area contributed by atoms with Gasteiger partial charge in [0.2, 0.25) is 0 Å². The predicted molar refractivity (Wildman–Crippen MR) is 90.9 cm³/mol. The molecule has 0 radical (unpaired) electrons. The van der Waals surface area contributed by atoms with Crippen LogP contribution in [0.15, 0.2) is 48.5 Å². The van der Waals surface area contributed by atoms with E-state index in [9.17, 15) is 4.79 Å². The van der Waals surface area contributed by atoms with E-state index in [1.165, 1.54) is 0 Å². The minimum atomic E-state index is -0.239. The summed E-state index contributed by atoms with van der Waals surface area (Å²) >= 11 is 0. The van der Waals surface area contributed by atoms with E-state index < -0.39 is 0 Å². The van der Waals surface area contributed by atoms with Gasteiger partial charge in [-0.2, -0.15) is 0 Å². The Hall–Kier alpha value is -2.69. The number of ether oxygens (including phenoxy) is 2. The second kappa shape index (κ2) is 8.68. The molecule has 0 saturated carbocycles. The highest BCUT2D eigenvalue weighted by Crippen LogP contribution is 2.28. The average Bonchev–Trinajstić information content (AvgIpc) is 2.59. The monoisotopic (exact) mass is 314 g/mol. The summed E-state index contributed by atoms with van der Waals surface area (Å²) in [6.45, 7) is 5.06. The third kappa shape index (κ3) is 4.92. The number of nitrogens with one attached hydrogen (secondary N) is 2. The van der Waals surface area contributed by atoms with Crippen molar-refractivity contribution >= 4 is 11.6 Å². The van der Waals surface area contributed by atoms with Crippen LogP contribution in [0.3, 0.4) is 0 Å². The largest absolute Gasteiger partial charge is 0.490 e. The van der Waals surface area contributed by atoms with E-state index in [0.717, 1.165) is 12.1 Å². The quantitative estimate of drug-likeness (QED) is 0.731. The molecule has 2 rings (SSSR count). The number of hydrogen-bond acceptors (Lipinski definition) is 4. The van der Waals surface area contributed by atoms with E-state index in [1.54, 1.807) is 18.2 Å². The maximum Gasteiger partial charge on any atom is 0.269 e. The molecule has 0 aliphatic heterocycles.